The number of aryl methyl sites for hydroxylation is 2. The van der Waals surface area contributed by atoms with Crippen molar-refractivity contribution in [2.75, 3.05) is 11.9 Å². The molecule has 1 aromatic rings. The van der Waals surface area contributed by atoms with Gasteiger partial charge < -0.3 is 5.32 Å². The lowest BCUT2D eigenvalue weighted by molar-refractivity contribution is -0.118. The Hall–Kier alpha value is -1.20. The summed E-state index contributed by atoms with van der Waals surface area (Å²) in [6, 6.07) is 4.78. The molecule has 0 spiro atoms. The van der Waals surface area contributed by atoms with Crippen LogP contribution in [0.25, 0.3) is 0 Å². The largest absolute Gasteiger partial charge is 0.325 e. The van der Waals surface area contributed by atoms with Crippen LogP contribution in [-0.4, -0.2) is 24.4 Å². The van der Waals surface area contributed by atoms with E-state index in [1.807, 2.05) is 26.0 Å². The second kappa shape index (κ2) is 6.50. The van der Waals surface area contributed by atoms with Gasteiger partial charge in [0.25, 0.3) is 5.92 Å². The summed E-state index contributed by atoms with van der Waals surface area (Å²) >= 11 is 0. The fourth-order valence-electron chi connectivity index (χ4n) is 2.26. The second-order valence-electron chi connectivity index (χ2n) is 4.98. The molecule has 1 heterocycles. The molecule has 2 rings (SSSR count). The Morgan fingerprint density at radius 3 is 2.75 bits per heavy atom. The van der Waals surface area contributed by atoms with E-state index in [4.69, 9.17) is 0 Å². The van der Waals surface area contributed by atoms with Gasteiger partial charge in [0.05, 0.1) is 12.6 Å². The van der Waals surface area contributed by atoms with E-state index in [9.17, 15) is 13.6 Å². The number of carbonyl (C=O) groups is 1. The molecule has 1 aliphatic rings. The third-order valence-electron chi connectivity index (χ3n) is 3.42. The van der Waals surface area contributed by atoms with Crippen LogP contribution < -0.4 is 10.6 Å². The molecule has 0 bridgehead atoms. The summed E-state index contributed by atoms with van der Waals surface area (Å²) in [7, 11) is 0. The van der Waals surface area contributed by atoms with E-state index in [0.29, 0.717) is 5.69 Å². The number of anilines is 1. The highest BCUT2D eigenvalue weighted by Crippen LogP contribution is 2.26. The van der Waals surface area contributed by atoms with Gasteiger partial charge in [-0.15, -0.1) is 12.4 Å². The molecular formula is C14H19ClF2N2O. The summed E-state index contributed by atoms with van der Waals surface area (Å²) in [5.74, 6) is -3.19. The van der Waals surface area contributed by atoms with E-state index >= 15 is 0 Å². The van der Waals surface area contributed by atoms with Crippen LogP contribution in [0.4, 0.5) is 14.5 Å². The van der Waals surface area contributed by atoms with Crippen LogP contribution in [0.5, 0.6) is 0 Å². The second-order valence-corrected chi connectivity index (χ2v) is 4.98. The molecule has 112 valence electrons. The summed E-state index contributed by atoms with van der Waals surface area (Å²) in [6.45, 7) is 3.61. The fourth-order valence-corrected chi connectivity index (χ4v) is 2.26. The van der Waals surface area contributed by atoms with Crippen LogP contribution in [0.3, 0.4) is 0 Å². The van der Waals surface area contributed by atoms with Crippen molar-refractivity contribution in [3.8, 4) is 0 Å². The number of hydrogen-bond acceptors (Lipinski definition) is 2. The topological polar surface area (TPSA) is 41.1 Å². The molecule has 2 N–H and O–H groups in total. The molecule has 0 aromatic heterocycles. The van der Waals surface area contributed by atoms with Crippen LogP contribution in [0.2, 0.25) is 0 Å². The van der Waals surface area contributed by atoms with Gasteiger partial charge in [-0.1, -0.05) is 13.0 Å². The molecule has 6 heteroatoms. The van der Waals surface area contributed by atoms with Gasteiger partial charge in [-0.2, -0.15) is 0 Å². The van der Waals surface area contributed by atoms with Crippen LogP contribution in [0, 0.1) is 6.92 Å². The molecule has 1 fully saturated rings. The summed E-state index contributed by atoms with van der Waals surface area (Å²) < 4.78 is 26.0. The van der Waals surface area contributed by atoms with Gasteiger partial charge in [-0.3, -0.25) is 10.1 Å². The van der Waals surface area contributed by atoms with Crippen molar-refractivity contribution in [1.82, 2.24) is 5.32 Å². The Morgan fingerprint density at radius 1 is 1.50 bits per heavy atom. The van der Waals surface area contributed by atoms with Crippen molar-refractivity contribution in [3.05, 3.63) is 29.3 Å². The lowest BCUT2D eigenvalue weighted by Gasteiger charge is -2.13. The average Bonchev–Trinajstić information content (AvgIpc) is 2.72. The molecule has 1 atom stereocenters. The Bertz CT molecular complexity index is 494. The maximum atomic E-state index is 13.0. The quantitative estimate of drug-likeness (QED) is 0.901. The van der Waals surface area contributed by atoms with Crippen molar-refractivity contribution in [1.29, 1.82) is 0 Å². The third-order valence-corrected chi connectivity index (χ3v) is 3.42. The molecule has 20 heavy (non-hydrogen) atoms. The molecule has 0 radical (unpaired) electrons. The molecule has 1 saturated heterocycles. The van der Waals surface area contributed by atoms with Gasteiger partial charge in [0, 0.05) is 12.1 Å². The standard InChI is InChI=1S/C14H18F2N2O.ClH/c1-3-10-6-11(5-4-9(10)2)18-13(19)12-7-14(15,16)8-17-12;/h4-6,12,17H,3,7-8H2,1-2H3,(H,18,19);1H. The van der Waals surface area contributed by atoms with E-state index in [0.717, 1.165) is 17.5 Å². The summed E-state index contributed by atoms with van der Waals surface area (Å²) in [4.78, 5) is 11.9. The number of amides is 1. The Morgan fingerprint density at radius 2 is 2.20 bits per heavy atom. The first-order valence-corrected chi connectivity index (χ1v) is 6.43. The molecular weight excluding hydrogens is 286 g/mol. The number of rotatable bonds is 3. The van der Waals surface area contributed by atoms with Crippen molar-refractivity contribution in [2.45, 2.75) is 38.7 Å². The minimum atomic E-state index is -2.79. The minimum Gasteiger partial charge on any atom is -0.325 e. The monoisotopic (exact) mass is 304 g/mol. The molecule has 1 amide bonds. The summed E-state index contributed by atoms with van der Waals surface area (Å²) in [5.41, 5.74) is 2.96. The first-order chi connectivity index (χ1) is 8.91. The molecule has 0 aliphatic carbocycles. The highest BCUT2D eigenvalue weighted by molar-refractivity contribution is 5.95. The smallest absolute Gasteiger partial charge is 0.262 e. The normalized spacial score (nSPS) is 20.3. The van der Waals surface area contributed by atoms with E-state index in [1.165, 1.54) is 0 Å². The average molecular weight is 305 g/mol. The Kier molecular flexibility index (Phi) is 5.48. The van der Waals surface area contributed by atoms with E-state index < -0.39 is 30.8 Å². The van der Waals surface area contributed by atoms with Crippen molar-refractivity contribution >= 4 is 24.0 Å². The lowest BCUT2D eigenvalue weighted by atomic mass is 10.1. The van der Waals surface area contributed by atoms with E-state index in [-0.39, 0.29) is 12.4 Å². The van der Waals surface area contributed by atoms with Crippen molar-refractivity contribution in [3.63, 3.8) is 0 Å². The van der Waals surface area contributed by atoms with E-state index in [1.54, 1.807) is 6.07 Å². The lowest BCUT2D eigenvalue weighted by Crippen LogP contribution is -2.35. The predicted octanol–water partition coefficient (Wildman–Crippen LogP) is 2.91. The fraction of sp³-hybridized carbons (Fsp3) is 0.500. The molecule has 1 unspecified atom stereocenters. The number of benzene rings is 1. The van der Waals surface area contributed by atoms with Crippen molar-refractivity contribution < 1.29 is 13.6 Å². The first-order valence-electron chi connectivity index (χ1n) is 6.43. The number of carbonyl (C=O) groups excluding carboxylic acids is 1. The number of halogens is 3. The van der Waals surface area contributed by atoms with Crippen LogP contribution >= 0.6 is 12.4 Å². The maximum Gasteiger partial charge on any atom is 0.262 e. The molecule has 0 saturated carbocycles. The maximum absolute atomic E-state index is 13.0. The zero-order valence-corrected chi connectivity index (χ0v) is 12.3. The van der Waals surface area contributed by atoms with Gasteiger partial charge in [0.1, 0.15) is 0 Å². The minimum absolute atomic E-state index is 0. The molecule has 1 aliphatic heterocycles. The van der Waals surface area contributed by atoms with E-state index in [2.05, 4.69) is 10.6 Å². The van der Waals surface area contributed by atoms with Gasteiger partial charge in [0.15, 0.2) is 0 Å². The molecule has 3 nitrogen and oxygen atoms in total. The SMILES string of the molecule is CCc1cc(NC(=O)C2CC(F)(F)CN2)ccc1C.Cl. The van der Waals surface area contributed by atoms with Crippen LogP contribution in [0.1, 0.15) is 24.5 Å². The van der Waals surface area contributed by atoms with Gasteiger partial charge in [0.2, 0.25) is 5.91 Å². The zero-order valence-electron chi connectivity index (χ0n) is 11.5. The zero-order chi connectivity index (χ0) is 14.0. The first kappa shape index (κ1) is 16.9. The Balaban J connectivity index is 0.00000200. The number of nitrogens with one attached hydrogen (secondary N) is 2. The van der Waals surface area contributed by atoms with Gasteiger partial charge >= 0.3 is 0 Å². The van der Waals surface area contributed by atoms with Crippen molar-refractivity contribution in [2.24, 2.45) is 0 Å². The number of alkyl halides is 2. The Labute approximate surface area is 123 Å². The highest BCUT2D eigenvalue weighted by atomic mass is 35.5. The third kappa shape index (κ3) is 3.90. The predicted molar refractivity (Wildman–Crippen MR) is 77.8 cm³/mol. The van der Waals surface area contributed by atoms with Crippen LogP contribution in [0.15, 0.2) is 18.2 Å². The van der Waals surface area contributed by atoms with Gasteiger partial charge in [-0.05, 0) is 36.6 Å². The summed E-state index contributed by atoms with van der Waals surface area (Å²) in [6.07, 6.45) is 0.431. The highest BCUT2D eigenvalue weighted by Gasteiger charge is 2.42. The number of hydrogen-bond donors (Lipinski definition) is 2. The molecule has 1 aromatic carbocycles. The van der Waals surface area contributed by atoms with Gasteiger partial charge in [-0.25, -0.2) is 8.78 Å². The van der Waals surface area contributed by atoms with Crippen LogP contribution in [-0.2, 0) is 11.2 Å². The summed E-state index contributed by atoms with van der Waals surface area (Å²) in [5, 5.41) is 5.23.